The number of ether oxygens (including phenoxy) is 1. The highest BCUT2D eigenvalue weighted by atomic mass is 19.1. The van der Waals surface area contributed by atoms with Crippen LogP contribution in [0.3, 0.4) is 0 Å². The number of H-pyrrole nitrogens is 1. The number of nitriles is 1. The lowest BCUT2D eigenvalue weighted by Crippen LogP contribution is -2.52. The average molecular weight is 545 g/mol. The SMILES string of the molecule is COc1cc(-c2cc(C(=O)N3CC[C@H](C(=O)NC4CCN(c5ccc(C#N)nc5)C4)CC34CC4)n[nH]2)c(F)cn1. The second-order valence-corrected chi connectivity index (χ2v) is 10.7. The Labute approximate surface area is 230 Å². The molecule has 0 bridgehead atoms. The van der Waals surface area contributed by atoms with E-state index in [1.807, 2.05) is 17.0 Å². The van der Waals surface area contributed by atoms with E-state index in [-0.39, 0.29) is 46.5 Å². The Hall–Kier alpha value is -4.53. The molecular formula is C28H29FN8O3. The normalized spacial score (nSPS) is 21.2. The molecule has 1 unspecified atom stereocenters. The Balaban J connectivity index is 1.07. The predicted molar refractivity (Wildman–Crippen MR) is 142 cm³/mol. The first-order valence-corrected chi connectivity index (χ1v) is 13.4. The van der Waals surface area contributed by atoms with E-state index in [4.69, 9.17) is 10.00 Å². The molecule has 3 fully saturated rings. The molecule has 5 heterocycles. The van der Waals surface area contributed by atoms with Crippen molar-refractivity contribution in [2.45, 2.75) is 43.7 Å². The van der Waals surface area contributed by atoms with Crippen molar-refractivity contribution in [2.75, 3.05) is 31.6 Å². The fraction of sp³-hybridized carbons (Fsp3) is 0.429. The lowest BCUT2D eigenvalue weighted by Gasteiger charge is -2.39. The van der Waals surface area contributed by atoms with Crippen LogP contribution in [0.2, 0.25) is 0 Å². The Morgan fingerprint density at radius 1 is 1.20 bits per heavy atom. The second kappa shape index (κ2) is 10.2. The number of rotatable bonds is 6. The number of nitrogens with zero attached hydrogens (tertiary/aromatic N) is 6. The first kappa shape index (κ1) is 25.7. The summed E-state index contributed by atoms with van der Waals surface area (Å²) in [5.74, 6) is -0.638. The van der Waals surface area contributed by atoms with Gasteiger partial charge in [0.2, 0.25) is 11.8 Å². The number of anilines is 1. The van der Waals surface area contributed by atoms with Crippen LogP contribution in [0.25, 0.3) is 11.3 Å². The quantitative estimate of drug-likeness (QED) is 0.483. The summed E-state index contributed by atoms with van der Waals surface area (Å²) in [4.78, 5) is 38.7. The highest BCUT2D eigenvalue weighted by Crippen LogP contribution is 2.50. The Kier molecular flexibility index (Phi) is 6.57. The van der Waals surface area contributed by atoms with E-state index in [2.05, 4.69) is 30.4 Å². The molecule has 3 aliphatic rings. The number of likely N-dealkylation sites (tertiary alicyclic amines) is 1. The van der Waals surface area contributed by atoms with Gasteiger partial charge < -0.3 is 19.9 Å². The van der Waals surface area contributed by atoms with Crippen molar-refractivity contribution >= 4 is 17.5 Å². The molecule has 40 heavy (non-hydrogen) atoms. The molecule has 2 amide bonds. The van der Waals surface area contributed by atoms with Gasteiger partial charge in [0.15, 0.2) is 11.5 Å². The lowest BCUT2D eigenvalue weighted by atomic mass is 9.87. The topological polar surface area (TPSA) is 140 Å². The van der Waals surface area contributed by atoms with Crippen LogP contribution in [-0.2, 0) is 4.79 Å². The smallest absolute Gasteiger partial charge is 0.274 e. The summed E-state index contributed by atoms with van der Waals surface area (Å²) in [6, 6.07) is 8.64. The third-order valence-electron chi connectivity index (χ3n) is 8.23. The van der Waals surface area contributed by atoms with Gasteiger partial charge in [0.05, 0.1) is 30.9 Å². The zero-order valence-electron chi connectivity index (χ0n) is 22.1. The highest BCUT2D eigenvalue weighted by molar-refractivity contribution is 5.94. The maximum atomic E-state index is 14.4. The monoisotopic (exact) mass is 544 g/mol. The number of methoxy groups -OCH3 is 1. The molecule has 3 aromatic rings. The number of hydrogen-bond acceptors (Lipinski definition) is 8. The maximum absolute atomic E-state index is 14.4. The van der Waals surface area contributed by atoms with Gasteiger partial charge >= 0.3 is 0 Å². The molecule has 1 saturated carbocycles. The van der Waals surface area contributed by atoms with Crippen molar-refractivity contribution in [3.05, 3.63) is 53.9 Å². The molecule has 0 aromatic carbocycles. The summed E-state index contributed by atoms with van der Waals surface area (Å²) < 4.78 is 19.5. The minimum atomic E-state index is -0.548. The van der Waals surface area contributed by atoms with Crippen LogP contribution in [0.5, 0.6) is 5.88 Å². The molecule has 2 aliphatic heterocycles. The van der Waals surface area contributed by atoms with Gasteiger partial charge in [0.1, 0.15) is 11.8 Å². The van der Waals surface area contributed by atoms with Crippen LogP contribution >= 0.6 is 0 Å². The number of aromatic nitrogens is 4. The van der Waals surface area contributed by atoms with Gasteiger partial charge in [-0.25, -0.2) is 14.4 Å². The van der Waals surface area contributed by atoms with E-state index in [1.54, 1.807) is 18.3 Å². The summed E-state index contributed by atoms with van der Waals surface area (Å²) in [5.41, 5.74) is 1.77. The van der Waals surface area contributed by atoms with Crippen molar-refractivity contribution in [1.29, 1.82) is 5.26 Å². The summed E-state index contributed by atoms with van der Waals surface area (Å²) in [6.45, 7) is 1.95. The van der Waals surface area contributed by atoms with Gasteiger partial charge in [-0.15, -0.1) is 0 Å². The van der Waals surface area contributed by atoms with Crippen LogP contribution < -0.4 is 15.0 Å². The van der Waals surface area contributed by atoms with Crippen LogP contribution in [-0.4, -0.2) is 75.2 Å². The van der Waals surface area contributed by atoms with Gasteiger partial charge in [-0.05, 0) is 50.3 Å². The van der Waals surface area contributed by atoms with Gasteiger partial charge in [0, 0.05) is 48.8 Å². The van der Waals surface area contributed by atoms with Crippen LogP contribution in [0.15, 0.2) is 36.7 Å². The summed E-state index contributed by atoms with van der Waals surface area (Å²) in [7, 11) is 1.45. The molecule has 0 radical (unpaired) electrons. The molecule has 6 rings (SSSR count). The number of carbonyl (C=O) groups is 2. The van der Waals surface area contributed by atoms with Crippen molar-refractivity contribution in [3.8, 4) is 23.2 Å². The highest BCUT2D eigenvalue weighted by Gasteiger charge is 2.54. The zero-order valence-corrected chi connectivity index (χ0v) is 22.1. The fourth-order valence-corrected chi connectivity index (χ4v) is 5.87. The van der Waals surface area contributed by atoms with E-state index >= 15 is 0 Å². The summed E-state index contributed by atoms with van der Waals surface area (Å²) in [6.07, 6.45) is 6.48. The first-order valence-electron chi connectivity index (χ1n) is 13.4. The maximum Gasteiger partial charge on any atom is 0.274 e. The Bertz CT molecular complexity index is 1480. The van der Waals surface area contributed by atoms with E-state index in [9.17, 15) is 14.0 Å². The fourth-order valence-electron chi connectivity index (χ4n) is 5.87. The molecule has 1 spiro atoms. The molecule has 206 valence electrons. The van der Waals surface area contributed by atoms with Crippen LogP contribution in [0, 0.1) is 23.1 Å². The predicted octanol–water partition coefficient (Wildman–Crippen LogP) is 2.67. The van der Waals surface area contributed by atoms with Crippen molar-refractivity contribution in [3.63, 3.8) is 0 Å². The Morgan fingerprint density at radius 2 is 2.05 bits per heavy atom. The molecule has 1 aliphatic carbocycles. The minimum absolute atomic E-state index is 0.0346. The number of amides is 2. The Morgan fingerprint density at radius 3 is 2.77 bits per heavy atom. The largest absolute Gasteiger partial charge is 0.481 e. The van der Waals surface area contributed by atoms with Crippen LogP contribution in [0.1, 0.15) is 48.3 Å². The van der Waals surface area contributed by atoms with E-state index in [0.29, 0.717) is 37.3 Å². The molecule has 12 heteroatoms. The van der Waals surface area contributed by atoms with Gasteiger partial charge in [0.25, 0.3) is 5.91 Å². The number of nitrogens with one attached hydrogen (secondary N) is 2. The number of pyridine rings is 2. The number of halogens is 1. The molecule has 3 aromatic heterocycles. The number of piperidine rings is 1. The lowest BCUT2D eigenvalue weighted by molar-refractivity contribution is -0.127. The number of hydrogen-bond donors (Lipinski definition) is 2. The van der Waals surface area contributed by atoms with Crippen molar-refractivity contribution in [2.24, 2.45) is 5.92 Å². The molecule has 2 atom stereocenters. The van der Waals surface area contributed by atoms with Crippen molar-refractivity contribution < 1.29 is 18.7 Å². The summed E-state index contributed by atoms with van der Waals surface area (Å²) in [5, 5.41) is 19.1. The average Bonchev–Trinajstić information content (AvgIpc) is 3.35. The van der Waals surface area contributed by atoms with Gasteiger partial charge in [-0.3, -0.25) is 14.7 Å². The number of carbonyl (C=O) groups excluding carboxylic acids is 2. The van der Waals surface area contributed by atoms with E-state index < -0.39 is 5.82 Å². The molecule has 2 N–H and O–H groups in total. The molecular weight excluding hydrogens is 515 g/mol. The van der Waals surface area contributed by atoms with Crippen molar-refractivity contribution in [1.82, 2.24) is 30.4 Å². The van der Waals surface area contributed by atoms with E-state index in [0.717, 1.165) is 37.7 Å². The first-order chi connectivity index (χ1) is 19.4. The summed E-state index contributed by atoms with van der Waals surface area (Å²) >= 11 is 0. The second-order valence-electron chi connectivity index (χ2n) is 10.7. The van der Waals surface area contributed by atoms with E-state index in [1.165, 1.54) is 13.2 Å². The number of aromatic amines is 1. The standard InChI is InChI=1S/C28H29FN8O3/c1-40-25-10-21(22(29)15-32-25)23-11-24(35-34-23)27(39)37-9-4-17(12-28(37)6-7-28)26(38)33-19-5-8-36(16-19)20-3-2-18(13-30)31-14-20/h2-3,10-11,14-15,17,19H,4-9,12,16H2,1H3,(H,33,38)(H,34,35)/t17-,19?/m0/s1. The van der Waals surface area contributed by atoms with Crippen LogP contribution in [0.4, 0.5) is 10.1 Å². The third-order valence-corrected chi connectivity index (χ3v) is 8.23. The third kappa shape index (κ3) is 4.83. The molecule has 11 nitrogen and oxygen atoms in total. The van der Waals surface area contributed by atoms with Gasteiger partial charge in [-0.2, -0.15) is 10.4 Å². The minimum Gasteiger partial charge on any atom is -0.481 e. The molecule has 2 saturated heterocycles. The van der Waals surface area contributed by atoms with Gasteiger partial charge in [-0.1, -0.05) is 0 Å². The zero-order chi connectivity index (χ0) is 27.9.